The highest BCUT2D eigenvalue weighted by Gasteiger charge is 2.30. The molecule has 0 bridgehead atoms. The van der Waals surface area contributed by atoms with Crippen LogP contribution in [0.2, 0.25) is 0 Å². The van der Waals surface area contributed by atoms with Crippen LogP contribution in [0.25, 0.3) is 0 Å². The van der Waals surface area contributed by atoms with Crippen LogP contribution in [0.3, 0.4) is 0 Å². The lowest BCUT2D eigenvalue weighted by Gasteiger charge is -2.30. The molecule has 0 aromatic heterocycles. The van der Waals surface area contributed by atoms with Gasteiger partial charge in [-0.15, -0.1) is 0 Å². The second-order valence-corrected chi connectivity index (χ2v) is 4.96. The summed E-state index contributed by atoms with van der Waals surface area (Å²) in [5.41, 5.74) is -0.349. The first kappa shape index (κ1) is 17.2. The summed E-state index contributed by atoms with van der Waals surface area (Å²) in [7, 11) is 0. The van der Waals surface area contributed by atoms with Gasteiger partial charge in [0.05, 0.1) is 23.7 Å². The quantitative estimate of drug-likeness (QED) is 0.410. The summed E-state index contributed by atoms with van der Waals surface area (Å²) in [6.45, 7) is 3.77. The Morgan fingerprint density at radius 3 is 2.33 bits per heavy atom. The third-order valence-corrected chi connectivity index (χ3v) is 3.47. The molecule has 1 aromatic rings. The van der Waals surface area contributed by atoms with Crippen LogP contribution in [0.4, 0.5) is 17.1 Å². The van der Waals surface area contributed by atoms with Crippen LogP contribution < -0.4 is 10.6 Å². The average molecular weight is 297 g/mol. The molecule has 7 nitrogen and oxygen atoms in total. The Hall–Kier alpha value is -1.86. The van der Waals surface area contributed by atoms with Crippen LogP contribution >= 0.6 is 0 Å². The van der Waals surface area contributed by atoms with E-state index in [0.29, 0.717) is 18.7 Å². The number of nitrogens with one attached hydrogen (secondary N) is 2. The number of para-hydroxylation sites is 1. The summed E-state index contributed by atoms with van der Waals surface area (Å²) >= 11 is 0. The Kier molecular flexibility index (Phi) is 6.39. The van der Waals surface area contributed by atoms with Crippen molar-refractivity contribution in [2.24, 2.45) is 0 Å². The number of nitro benzene ring substituents is 1. The lowest BCUT2D eigenvalue weighted by Crippen LogP contribution is -2.45. The maximum absolute atomic E-state index is 11.4. The zero-order chi connectivity index (χ0) is 15.9. The SMILES string of the molecule is CCCNc1cccc(NC(CC)(CO)CO)c1[N+](=O)[O-]. The van der Waals surface area contributed by atoms with E-state index in [4.69, 9.17) is 0 Å². The van der Waals surface area contributed by atoms with Crippen molar-refractivity contribution in [2.75, 3.05) is 30.4 Å². The number of benzene rings is 1. The third kappa shape index (κ3) is 4.05. The van der Waals surface area contributed by atoms with Crippen LogP contribution in [0.1, 0.15) is 26.7 Å². The van der Waals surface area contributed by atoms with E-state index < -0.39 is 10.5 Å². The van der Waals surface area contributed by atoms with Crippen molar-refractivity contribution < 1.29 is 15.1 Å². The number of hydrogen-bond donors (Lipinski definition) is 4. The van der Waals surface area contributed by atoms with Crippen LogP contribution in [-0.4, -0.2) is 40.4 Å². The van der Waals surface area contributed by atoms with E-state index in [0.717, 1.165) is 6.42 Å². The summed E-state index contributed by atoms with van der Waals surface area (Å²) in [6.07, 6.45) is 1.28. The van der Waals surface area contributed by atoms with Gasteiger partial charge in [-0.1, -0.05) is 19.9 Å². The highest BCUT2D eigenvalue weighted by molar-refractivity contribution is 5.76. The molecule has 0 amide bonds. The predicted octanol–water partition coefficient (Wildman–Crippen LogP) is 1.96. The fraction of sp³-hybridized carbons (Fsp3) is 0.571. The van der Waals surface area contributed by atoms with Crippen molar-refractivity contribution in [3.63, 3.8) is 0 Å². The monoisotopic (exact) mass is 297 g/mol. The molecule has 7 heteroatoms. The summed E-state index contributed by atoms with van der Waals surface area (Å²) in [5, 5.41) is 36.2. The van der Waals surface area contributed by atoms with E-state index in [9.17, 15) is 20.3 Å². The van der Waals surface area contributed by atoms with Crippen molar-refractivity contribution in [1.82, 2.24) is 0 Å². The lowest BCUT2D eigenvalue weighted by atomic mass is 9.97. The minimum absolute atomic E-state index is 0.0781. The molecule has 0 aliphatic carbocycles. The van der Waals surface area contributed by atoms with Gasteiger partial charge in [-0.2, -0.15) is 0 Å². The molecule has 0 aliphatic heterocycles. The van der Waals surface area contributed by atoms with Gasteiger partial charge in [0.2, 0.25) is 0 Å². The molecule has 0 aliphatic rings. The van der Waals surface area contributed by atoms with Gasteiger partial charge in [-0.05, 0) is 25.0 Å². The molecular formula is C14H23N3O4. The molecule has 0 saturated heterocycles. The van der Waals surface area contributed by atoms with E-state index >= 15 is 0 Å². The molecule has 0 atom stereocenters. The largest absolute Gasteiger partial charge is 0.394 e. The van der Waals surface area contributed by atoms with Crippen LogP contribution in [0, 0.1) is 10.1 Å². The first-order valence-corrected chi connectivity index (χ1v) is 7.04. The van der Waals surface area contributed by atoms with Crippen LogP contribution in [0.5, 0.6) is 0 Å². The Balaban J connectivity index is 3.19. The van der Waals surface area contributed by atoms with Gasteiger partial charge in [-0.3, -0.25) is 10.1 Å². The minimum Gasteiger partial charge on any atom is -0.394 e. The number of anilines is 2. The molecule has 0 unspecified atom stereocenters. The number of aliphatic hydroxyl groups is 2. The van der Waals surface area contributed by atoms with Crippen molar-refractivity contribution in [1.29, 1.82) is 0 Å². The number of rotatable bonds is 9. The predicted molar refractivity (Wildman–Crippen MR) is 82.7 cm³/mol. The molecule has 0 spiro atoms. The molecule has 0 fully saturated rings. The Morgan fingerprint density at radius 2 is 1.86 bits per heavy atom. The molecule has 1 aromatic carbocycles. The number of nitro groups is 1. The maximum atomic E-state index is 11.4. The van der Waals surface area contributed by atoms with E-state index in [-0.39, 0.29) is 24.6 Å². The highest BCUT2D eigenvalue weighted by Crippen LogP contribution is 2.35. The second kappa shape index (κ2) is 7.80. The number of aliphatic hydroxyl groups excluding tert-OH is 2. The molecule has 0 heterocycles. The molecule has 1 rings (SSSR count). The van der Waals surface area contributed by atoms with E-state index in [1.54, 1.807) is 25.1 Å². The lowest BCUT2D eigenvalue weighted by molar-refractivity contribution is -0.383. The fourth-order valence-electron chi connectivity index (χ4n) is 1.97. The molecule has 21 heavy (non-hydrogen) atoms. The molecule has 0 radical (unpaired) electrons. The van der Waals surface area contributed by atoms with Gasteiger partial charge < -0.3 is 20.8 Å². The topological polar surface area (TPSA) is 108 Å². The van der Waals surface area contributed by atoms with Gasteiger partial charge in [0, 0.05) is 6.54 Å². The summed E-state index contributed by atoms with van der Waals surface area (Å²) in [4.78, 5) is 10.9. The Labute approximate surface area is 124 Å². The first-order valence-electron chi connectivity index (χ1n) is 7.04. The van der Waals surface area contributed by atoms with Crippen LogP contribution in [-0.2, 0) is 0 Å². The molecule has 118 valence electrons. The normalized spacial score (nSPS) is 11.2. The first-order chi connectivity index (χ1) is 10.0. The Morgan fingerprint density at radius 1 is 1.24 bits per heavy atom. The van der Waals surface area contributed by atoms with Gasteiger partial charge in [-0.25, -0.2) is 0 Å². The summed E-state index contributed by atoms with van der Waals surface area (Å²) in [5.74, 6) is 0. The molecule has 0 saturated carbocycles. The van der Waals surface area contributed by atoms with Crippen molar-refractivity contribution in [3.8, 4) is 0 Å². The van der Waals surface area contributed by atoms with Crippen molar-refractivity contribution in [2.45, 2.75) is 32.2 Å². The second-order valence-electron chi connectivity index (χ2n) is 4.96. The average Bonchev–Trinajstić information content (AvgIpc) is 2.50. The van der Waals surface area contributed by atoms with Gasteiger partial charge in [0.1, 0.15) is 11.4 Å². The van der Waals surface area contributed by atoms with Gasteiger partial charge in [0.25, 0.3) is 0 Å². The van der Waals surface area contributed by atoms with Gasteiger partial charge in [0.15, 0.2) is 0 Å². The zero-order valence-corrected chi connectivity index (χ0v) is 12.4. The molecular weight excluding hydrogens is 274 g/mol. The van der Waals surface area contributed by atoms with Gasteiger partial charge >= 0.3 is 5.69 Å². The van der Waals surface area contributed by atoms with E-state index in [1.807, 2.05) is 6.92 Å². The Bertz CT molecular complexity index is 467. The standard InChI is InChI=1S/C14H23N3O4/c1-3-8-15-11-6-5-7-12(13(11)17(20)21)16-14(4-2,9-18)10-19/h5-7,15-16,18-19H,3-4,8-10H2,1-2H3. The zero-order valence-electron chi connectivity index (χ0n) is 12.4. The number of nitrogens with zero attached hydrogens (tertiary/aromatic N) is 1. The highest BCUT2D eigenvalue weighted by atomic mass is 16.6. The van der Waals surface area contributed by atoms with E-state index in [1.165, 1.54) is 0 Å². The van der Waals surface area contributed by atoms with E-state index in [2.05, 4.69) is 10.6 Å². The minimum atomic E-state index is -0.978. The summed E-state index contributed by atoms with van der Waals surface area (Å²) < 4.78 is 0. The smallest absolute Gasteiger partial charge is 0.315 e. The maximum Gasteiger partial charge on any atom is 0.315 e. The number of hydrogen-bond acceptors (Lipinski definition) is 6. The summed E-state index contributed by atoms with van der Waals surface area (Å²) in [6, 6.07) is 4.91. The fourth-order valence-corrected chi connectivity index (χ4v) is 1.97. The van der Waals surface area contributed by atoms with Crippen molar-refractivity contribution >= 4 is 17.1 Å². The third-order valence-electron chi connectivity index (χ3n) is 3.47. The van der Waals surface area contributed by atoms with Crippen molar-refractivity contribution in [3.05, 3.63) is 28.3 Å². The molecule has 4 N–H and O–H groups in total. The van der Waals surface area contributed by atoms with Crippen LogP contribution in [0.15, 0.2) is 18.2 Å².